The Morgan fingerprint density at radius 3 is 0.843 bits per heavy atom. The van der Waals surface area contributed by atoms with Crippen LogP contribution in [0.1, 0.15) is 297 Å². The Hall–Kier alpha value is -5.06. The van der Waals surface area contributed by atoms with E-state index in [0.29, 0.717) is 32.1 Å². The van der Waals surface area contributed by atoms with Crippen molar-refractivity contribution in [1.82, 2.24) is 0 Å². The molecule has 0 aliphatic rings. The molecule has 582 valence electrons. The number of carbonyl (C=O) groups is 4. The first kappa shape index (κ1) is 96.9. The van der Waals surface area contributed by atoms with E-state index in [1.807, 2.05) is 12.2 Å². The first-order valence-corrected chi connectivity index (χ1v) is 42.1. The van der Waals surface area contributed by atoms with Crippen molar-refractivity contribution >= 4 is 39.5 Å². The second-order valence-corrected chi connectivity index (χ2v) is 28.4. The van der Waals surface area contributed by atoms with Crippen molar-refractivity contribution < 1.29 is 80.2 Å². The zero-order valence-corrected chi connectivity index (χ0v) is 65.3. The number of esters is 4. The Morgan fingerprint density at radius 1 is 0.284 bits per heavy atom. The summed E-state index contributed by atoms with van der Waals surface area (Å²) in [7, 11) is -9.99. The van der Waals surface area contributed by atoms with Crippen LogP contribution in [0, 0.1) is 0 Å². The highest BCUT2D eigenvalue weighted by atomic mass is 31.2. The van der Waals surface area contributed by atoms with Gasteiger partial charge in [0.2, 0.25) is 0 Å². The minimum Gasteiger partial charge on any atom is -0.462 e. The quantitative estimate of drug-likeness (QED) is 0.0169. The highest BCUT2D eigenvalue weighted by molar-refractivity contribution is 7.47. The summed E-state index contributed by atoms with van der Waals surface area (Å²) < 4.78 is 68.5. The van der Waals surface area contributed by atoms with E-state index in [9.17, 15) is 43.2 Å². The molecule has 17 nitrogen and oxygen atoms in total. The van der Waals surface area contributed by atoms with Crippen LogP contribution in [0.4, 0.5) is 0 Å². The molecule has 0 aromatic carbocycles. The number of allylic oxidation sites excluding steroid dienone is 24. The highest BCUT2D eigenvalue weighted by Crippen LogP contribution is 2.45. The van der Waals surface area contributed by atoms with Crippen LogP contribution in [0.2, 0.25) is 0 Å². The minimum absolute atomic E-state index is 0.0612. The van der Waals surface area contributed by atoms with Gasteiger partial charge < -0.3 is 33.8 Å². The topological polar surface area (TPSA) is 237 Å². The number of hydrogen-bond donors (Lipinski definition) is 3. The third kappa shape index (κ3) is 73.3. The van der Waals surface area contributed by atoms with Gasteiger partial charge in [-0.2, -0.15) is 0 Å². The predicted octanol–water partition coefficient (Wildman–Crippen LogP) is 22.7. The fraction of sp³-hybridized carbons (Fsp3) is 0.663. The van der Waals surface area contributed by atoms with E-state index in [0.717, 1.165) is 148 Å². The number of aliphatic hydroxyl groups excluding tert-OH is 1. The van der Waals surface area contributed by atoms with Crippen molar-refractivity contribution in [1.29, 1.82) is 0 Å². The van der Waals surface area contributed by atoms with Crippen LogP contribution in [0.3, 0.4) is 0 Å². The second-order valence-electron chi connectivity index (χ2n) is 25.5. The summed E-state index contributed by atoms with van der Waals surface area (Å²) in [5, 5.41) is 10.6. The number of phosphoric acid groups is 2. The lowest BCUT2D eigenvalue weighted by molar-refractivity contribution is -0.161. The maximum Gasteiger partial charge on any atom is 0.472 e. The Kier molecular flexibility index (Phi) is 70.5. The molecule has 5 atom stereocenters. The molecule has 0 bridgehead atoms. The summed E-state index contributed by atoms with van der Waals surface area (Å²) in [5.41, 5.74) is 0. The van der Waals surface area contributed by atoms with Gasteiger partial charge in [0, 0.05) is 25.7 Å². The number of carbonyl (C=O) groups excluding carboxylic acids is 4. The van der Waals surface area contributed by atoms with Crippen molar-refractivity contribution in [2.45, 2.75) is 316 Å². The van der Waals surface area contributed by atoms with E-state index >= 15 is 0 Å². The zero-order chi connectivity index (χ0) is 74.6. The van der Waals surface area contributed by atoms with E-state index in [-0.39, 0.29) is 25.7 Å². The second kappa shape index (κ2) is 74.2. The fourth-order valence-corrected chi connectivity index (χ4v) is 11.5. The Balaban J connectivity index is 5.46. The molecule has 0 aliphatic carbocycles. The van der Waals surface area contributed by atoms with Crippen molar-refractivity contribution in [2.75, 3.05) is 39.6 Å². The average Bonchev–Trinajstić information content (AvgIpc) is 0.923. The van der Waals surface area contributed by atoms with Crippen LogP contribution in [-0.4, -0.2) is 96.7 Å². The smallest absolute Gasteiger partial charge is 0.462 e. The van der Waals surface area contributed by atoms with Gasteiger partial charge in [-0.25, -0.2) is 9.13 Å². The lowest BCUT2D eigenvalue weighted by Gasteiger charge is -2.21. The third-order valence-corrected chi connectivity index (χ3v) is 17.7. The number of aliphatic hydroxyl groups is 1. The average molecular weight is 1470 g/mol. The van der Waals surface area contributed by atoms with Gasteiger partial charge in [0.05, 0.1) is 26.4 Å². The van der Waals surface area contributed by atoms with Gasteiger partial charge in [-0.3, -0.25) is 37.3 Å². The number of hydrogen-bond acceptors (Lipinski definition) is 15. The number of rotatable bonds is 72. The molecular weight excluding hydrogens is 1330 g/mol. The largest absolute Gasteiger partial charge is 0.472 e. The first-order valence-electron chi connectivity index (χ1n) is 39.1. The van der Waals surface area contributed by atoms with Gasteiger partial charge in [-0.15, -0.1) is 0 Å². The Morgan fingerprint density at radius 2 is 0.520 bits per heavy atom. The van der Waals surface area contributed by atoms with Gasteiger partial charge in [0.1, 0.15) is 19.3 Å². The molecule has 0 heterocycles. The van der Waals surface area contributed by atoms with Crippen LogP contribution < -0.4 is 0 Å². The number of phosphoric ester groups is 2. The standard InChI is InChI=1S/C83H138O17P2/c1-5-9-13-17-21-25-29-33-37-38-42-44-48-52-56-60-64-68-81(86)94-74-79(100-83(88)70-66-62-58-54-50-46-41-36-32-28-24-20-16-12-8-4)76-98-102(91,92)96-72-77(84)71-95-101(89,90)97-75-78(99-82(87)69-65-61-57-53-49-45-40-35-31-27-23-19-15-11-7-3)73-93-80(85)67-63-59-55-51-47-43-39-34-30-26-22-18-14-10-6-2/h9-11,13-15,21-23,25-27,33-35,37,39-40,42,44,47,51-52,56,77-79,84H,5-8,12,16-20,24,28-32,36,38,41,43,45-46,48-50,53-55,57-76H2,1-4H3,(H,89,90)(H,91,92)/b13-9-,14-10-,15-11-,25-21-,26-22-,27-23-,37-33-,39-34-,40-35-,44-42-,51-47-,56-52-. The number of unbranched alkanes of at least 4 members (excludes halogenated alkanes) is 22. The van der Waals surface area contributed by atoms with Crippen LogP contribution in [0.15, 0.2) is 146 Å². The molecule has 19 heteroatoms. The van der Waals surface area contributed by atoms with E-state index in [4.69, 9.17) is 37.0 Å². The lowest BCUT2D eigenvalue weighted by atomic mass is 10.0. The van der Waals surface area contributed by atoms with Crippen LogP contribution >= 0.6 is 15.6 Å². The summed E-state index contributed by atoms with van der Waals surface area (Å²) >= 11 is 0. The van der Waals surface area contributed by atoms with Gasteiger partial charge in [-0.05, 0) is 135 Å². The van der Waals surface area contributed by atoms with Gasteiger partial charge in [0.25, 0.3) is 0 Å². The van der Waals surface area contributed by atoms with Crippen molar-refractivity contribution in [3.63, 3.8) is 0 Å². The molecular formula is C83H138O17P2. The summed E-state index contributed by atoms with van der Waals surface area (Å²) in [6.45, 7) is 4.41. The summed E-state index contributed by atoms with van der Waals surface area (Å²) in [6, 6.07) is 0. The molecule has 0 fully saturated rings. The molecule has 0 aliphatic heterocycles. The lowest BCUT2D eigenvalue weighted by Crippen LogP contribution is -2.30. The fourth-order valence-electron chi connectivity index (χ4n) is 9.97. The zero-order valence-electron chi connectivity index (χ0n) is 63.5. The Bertz CT molecular complexity index is 2510. The minimum atomic E-state index is -5.00. The van der Waals surface area contributed by atoms with Crippen molar-refractivity contribution in [3.05, 3.63) is 146 Å². The normalized spacial score (nSPS) is 14.7. The van der Waals surface area contributed by atoms with Crippen LogP contribution in [-0.2, 0) is 65.4 Å². The highest BCUT2D eigenvalue weighted by Gasteiger charge is 2.30. The molecule has 102 heavy (non-hydrogen) atoms. The molecule has 0 amide bonds. The van der Waals surface area contributed by atoms with Gasteiger partial charge >= 0.3 is 39.5 Å². The molecule has 0 aromatic rings. The maximum absolute atomic E-state index is 13.1. The molecule has 5 unspecified atom stereocenters. The number of ether oxygens (including phenoxy) is 4. The molecule has 0 rings (SSSR count). The van der Waals surface area contributed by atoms with E-state index in [1.54, 1.807) is 0 Å². The summed E-state index contributed by atoms with van der Waals surface area (Å²) in [6.07, 6.45) is 84.1. The van der Waals surface area contributed by atoms with Gasteiger partial charge in [0.15, 0.2) is 12.2 Å². The molecule has 0 saturated carbocycles. The third-order valence-electron chi connectivity index (χ3n) is 15.8. The van der Waals surface area contributed by atoms with E-state index < -0.39 is 97.5 Å². The molecule has 0 aromatic heterocycles. The van der Waals surface area contributed by atoms with Crippen molar-refractivity contribution in [2.24, 2.45) is 0 Å². The molecule has 0 radical (unpaired) electrons. The first-order chi connectivity index (χ1) is 49.7. The van der Waals surface area contributed by atoms with Crippen molar-refractivity contribution in [3.8, 4) is 0 Å². The van der Waals surface area contributed by atoms with E-state index in [2.05, 4.69) is 161 Å². The monoisotopic (exact) mass is 1470 g/mol. The molecule has 0 saturated heterocycles. The van der Waals surface area contributed by atoms with Gasteiger partial charge in [-0.1, -0.05) is 283 Å². The van der Waals surface area contributed by atoms with Crippen LogP contribution in [0.25, 0.3) is 0 Å². The Labute approximate surface area is 617 Å². The van der Waals surface area contributed by atoms with Crippen LogP contribution in [0.5, 0.6) is 0 Å². The predicted molar refractivity (Wildman–Crippen MR) is 417 cm³/mol. The maximum atomic E-state index is 13.1. The summed E-state index contributed by atoms with van der Waals surface area (Å²) in [5.74, 6) is -2.31. The summed E-state index contributed by atoms with van der Waals surface area (Å²) in [4.78, 5) is 72.9. The molecule has 3 N–H and O–H groups in total. The SMILES string of the molecule is CC/C=C\C/C=C\C/C=C\C/C=C\C/C=C\CCCC(=O)OCC(COP(=O)(O)OCC(O)COP(=O)(O)OCC(COC(=O)CCCC/C=C\C/C=C\C/C=C\C/C=C\CC)OC(=O)CCCCCCC/C=C\C/C=C\C/C=C\CC)OC(=O)CCCCCCCCCCCCCCCCC. The van der Waals surface area contributed by atoms with E-state index in [1.165, 1.54) is 64.2 Å². The molecule has 0 spiro atoms.